The highest BCUT2D eigenvalue weighted by atomic mass is 31.2. The third-order valence-corrected chi connectivity index (χ3v) is 4.87. The Morgan fingerprint density at radius 1 is 0.792 bits per heavy atom. The van der Waals surface area contributed by atoms with Crippen LogP contribution in [0.1, 0.15) is 28.2 Å². The maximum atomic E-state index is 9.73. The Balaban J connectivity index is 2.58. The van der Waals surface area contributed by atoms with Crippen molar-refractivity contribution in [2.24, 2.45) is 0 Å². The van der Waals surface area contributed by atoms with Crippen LogP contribution in [0.4, 0.5) is 0 Å². The molecule has 126 valence electrons. The average Bonchev–Trinajstić information content (AvgIpc) is 2.54. The molecule has 0 radical (unpaired) electrons. The topological polar surface area (TPSA) is 60.7 Å². The number of allylic oxidation sites excluding steroid dienone is 2. The zero-order chi connectivity index (χ0) is 17.6. The van der Waals surface area contributed by atoms with Crippen LogP contribution in [0.2, 0.25) is 0 Å². The Kier molecular flexibility index (Phi) is 6.47. The van der Waals surface area contributed by atoms with Gasteiger partial charge in [0.25, 0.3) is 0 Å². The molecule has 3 nitrogen and oxygen atoms in total. The minimum Gasteiger partial charge on any atom is -0.193 e. The van der Waals surface area contributed by atoms with Crippen molar-refractivity contribution in [2.75, 3.05) is 6.16 Å². The lowest BCUT2D eigenvalue weighted by Crippen LogP contribution is -2.14. The Morgan fingerprint density at radius 3 is 1.58 bits per heavy atom. The fraction of sp³-hybridized carbons (Fsp3) is 0.200. The molecule has 0 bridgehead atoms. The maximum absolute atomic E-state index is 9.73. The van der Waals surface area contributed by atoms with Crippen LogP contribution in [0, 0.1) is 0 Å². The first-order chi connectivity index (χ1) is 11.5. The van der Waals surface area contributed by atoms with Crippen LogP contribution in [-0.2, 0) is 12.8 Å². The summed E-state index contributed by atoms with van der Waals surface area (Å²) in [6.45, 7) is 7.59. The normalized spacial score (nSPS) is 11.5. The molecular weight excluding hydrogens is 319 g/mol. The third-order valence-electron chi connectivity index (χ3n) is 4.02. The number of hydrogen-bond acceptors (Lipinski definition) is 3. The molecule has 0 fully saturated rings. The number of benzene rings is 2. The Bertz CT molecular complexity index is 651. The number of hydrogen-bond donors (Lipinski definition) is 3. The molecular formula is C20H24O3P+. The van der Waals surface area contributed by atoms with Gasteiger partial charge in [0.1, 0.15) is 0 Å². The molecule has 0 unspecified atom stereocenters. The molecule has 24 heavy (non-hydrogen) atoms. The molecule has 2 rings (SSSR count). The van der Waals surface area contributed by atoms with Crippen LogP contribution >= 0.6 is 7.94 Å². The first-order valence-electron chi connectivity index (χ1n) is 7.90. The van der Waals surface area contributed by atoms with E-state index in [0.717, 1.165) is 22.3 Å². The minimum atomic E-state index is -3.93. The van der Waals surface area contributed by atoms with E-state index >= 15 is 0 Å². The van der Waals surface area contributed by atoms with Crippen molar-refractivity contribution in [3.05, 3.63) is 96.1 Å². The van der Waals surface area contributed by atoms with Crippen molar-refractivity contribution in [1.29, 1.82) is 0 Å². The molecule has 0 aromatic heterocycles. The van der Waals surface area contributed by atoms with Crippen molar-refractivity contribution < 1.29 is 14.7 Å². The van der Waals surface area contributed by atoms with Gasteiger partial charge in [0.2, 0.25) is 0 Å². The van der Waals surface area contributed by atoms with Gasteiger partial charge in [-0.3, -0.25) is 0 Å². The van der Waals surface area contributed by atoms with Gasteiger partial charge >= 0.3 is 7.94 Å². The summed E-state index contributed by atoms with van der Waals surface area (Å²) in [6, 6.07) is 15.7. The van der Waals surface area contributed by atoms with Gasteiger partial charge in [0.05, 0.1) is 5.92 Å². The second kappa shape index (κ2) is 8.36. The van der Waals surface area contributed by atoms with E-state index in [1.54, 1.807) is 0 Å². The van der Waals surface area contributed by atoms with Gasteiger partial charge in [-0.05, 0) is 35.1 Å². The smallest absolute Gasteiger partial charge is 0.193 e. The van der Waals surface area contributed by atoms with E-state index in [-0.39, 0.29) is 12.1 Å². The van der Waals surface area contributed by atoms with Gasteiger partial charge in [-0.1, -0.05) is 60.7 Å². The first-order valence-corrected chi connectivity index (χ1v) is 9.73. The van der Waals surface area contributed by atoms with E-state index in [4.69, 9.17) is 0 Å². The lowest BCUT2D eigenvalue weighted by atomic mass is 9.85. The van der Waals surface area contributed by atoms with Crippen LogP contribution in [0.15, 0.2) is 73.8 Å². The molecule has 0 saturated heterocycles. The Morgan fingerprint density at radius 2 is 1.21 bits per heavy atom. The number of rotatable bonds is 8. The fourth-order valence-corrected chi connectivity index (χ4v) is 3.92. The minimum absolute atomic E-state index is 0.102. The zero-order valence-corrected chi connectivity index (χ0v) is 14.6. The Hall–Kier alpha value is -1.77. The van der Waals surface area contributed by atoms with E-state index in [1.165, 1.54) is 0 Å². The van der Waals surface area contributed by atoms with Crippen molar-refractivity contribution in [3.63, 3.8) is 0 Å². The molecule has 0 saturated carbocycles. The lowest BCUT2D eigenvalue weighted by molar-refractivity contribution is 0.328. The molecule has 2 aromatic rings. The summed E-state index contributed by atoms with van der Waals surface area (Å²) in [6.07, 6.45) is 4.92. The molecule has 4 heteroatoms. The van der Waals surface area contributed by atoms with Gasteiger partial charge < -0.3 is 0 Å². The summed E-state index contributed by atoms with van der Waals surface area (Å²) in [5, 5.41) is 0. The molecule has 3 N–H and O–H groups in total. The fourth-order valence-electron chi connectivity index (χ4n) is 3.04. The van der Waals surface area contributed by atoms with Crippen molar-refractivity contribution in [3.8, 4) is 0 Å². The van der Waals surface area contributed by atoms with Crippen LogP contribution in [0.3, 0.4) is 0 Å². The molecule has 0 heterocycles. The highest BCUT2D eigenvalue weighted by Gasteiger charge is 2.37. The zero-order valence-electron chi connectivity index (χ0n) is 13.7. The molecule has 0 aliphatic carbocycles. The van der Waals surface area contributed by atoms with Gasteiger partial charge in [-0.25, -0.2) is 0 Å². The lowest BCUT2D eigenvalue weighted by Gasteiger charge is -2.22. The molecule has 2 aromatic carbocycles. The van der Waals surface area contributed by atoms with E-state index < -0.39 is 7.94 Å². The van der Waals surface area contributed by atoms with Crippen molar-refractivity contribution in [2.45, 2.75) is 18.8 Å². The van der Waals surface area contributed by atoms with Crippen LogP contribution in [-0.4, -0.2) is 20.8 Å². The highest BCUT2D eigenvalue weighted by molar-refractivity contribution is 7.58. The second-order valence-corrected chi connectivity index (χ2v) is 7.56. The molecule has 0 atom stereocenters. The molecule has 0 aliphatic heterocycles. The third kappa shape index (κ3) is 4.86. The van der Waals surface area contributed by atoms with Gasteiger partial charge in [0, 0.05) is 0 Å². The summed E-state index contributed by atoms with van der Waals surface area (Å²) >= 11 is 0. The van der Waals surface area contributed by atoms with Gasteiger partial charge in [0.15, 0.2) is 6.16 Å². The van der Waals surface area contributed by atoms with Crippen molar-refractivity contribution >= 4 is 7.94 Å². The SMILES string of the molecule is C=CCc1ccccc1C(C[P+](O)(O)O)c1ccccc1CC=C. The molecule has 0 spiro atoms. The average molecular weight is 343 g/mol. The molecule has 0 aliphatic rings. The summed E-state index contributed by atoms with van der Waals surface area (Å²) in [5.41, 5.74) is 4.10. The van der Waals surface area contributed by atoms with Gasteiger partial charge in [-0.15, -0.1) is 13.2 Å². The van der Waals surface area contributed by atoms with Gasteiger partial charge in [-0.2, -0.15) is 14.7 Å². The van der Waals surface area contributed by atoms with E-state index in [2.05, 4.69) is 13.2 Å². The monoisotopic (exact) mass is 343 g/mol. The molecule has 0 amide bonds. The van der Waals surface area contributed by atoms with Crippen LogP contribution in [0.25, 0.3) is 0 Å². The van der Waals surface area contributed by atoms with Crippen molar-refractivity contribution in [1.82, 2.24) is 0 Å². The standard InChI is InChI=1S/C20H24O3P/c1-3-9-16-11-5-7-13-18(16)20(15-24(21,22)23)19-14-8-6-12-17(19)10-4-2/h3-8,11-14,20-23H,1-2,9-10,15H2/q+1. The predicted molar refractivity (Wildman–Crippen MR) is 101 cm³/mol. The maximum Gasteiger partial charge on any atom is 0.404 e. The van der Waals surface area contributed by atoms with Crippen LogP contribution < -0.4 is 0 Å². The Labute approximate surface area is 144 Å². The highest BCUT2D eigenvalue weighted by Crippen LogP contribution is 2.50. The summed E-state index contributed by atoms with van der Waals surface area (Å²) in [5.74, 6) is -0.300. The summed E-state index contributed by atoms with van der Waals surface area (Å²) in [4.78, 5) is 29.2. The summed E-state index contributed by atoms with van der Waals surface area (Å²) in [7, 11) is -3.93. The van der Waals surface area contributed by atoms with E-state index in [1.807, 2.05) is 60.7 Å². The second-order valence-electron chi connectivity index (χ2n) is 5.81. The quantitative estimate of drug-likeness (QED) is 0.501. The predicted octanol–water partition coefficient (Wildman–Crippen LogP) is 4.02. The van der Waals surface area contributed by atoms with E-state index in [9.17, 15) is 14.7 Å². The first kappa shape index (κ1) is 18.6. The van der Waals surface area contributed by atoms with Crippen LogP contribution in [0.5, 0.6) is 0 Å². The summed E-state index contributed by atoms with van der Waals surface area (Å²) < 4.78 is 0. The van der Waals surface area contributed by atoms with E-state index in [0.29, 0.717) is 12.8 Å². The largest absolute Gasteiger partial charge is 0.404 e.